The van der Waals surface area contributed by atoms with E-state index < -0.39 is 11.7 Å². The molecule has 1 aromatic carbocycles. The fourth-order valence-electron chi connectivity index (χ4n) is 2.69. The largest absolute Gasteiger partial charge is 0.424 e. The summed E-state index contributed by atoms with van der Waals surface area (Å²) in [4.78, 5) is 16.1. The van der Waals surface area contributed by atoms with Crippen LogP contribution in [0.4, 0.5) is 13.2 Å². The molecule has 0 aliphatic carbocycles. The third-order valence-electron chi connectivity index (χ3n) is 4.05. The highest BCUT2D eigenvalue weighted by Gasteiger charge is 2.30. The maximum Gasteiger partial charge on any atom is 0.416 e. The predicted molar refractivity (Wildman–Crippen MR) is 81.7 cm³/mol. The molecule has 0 spiro atoms. The third-order valence-corrected chi connectivity index (χ3v) is 4.05. The Morgan fingerprint density at radius 2 is 1.76 bits per heavy atom. The lowest BCUT2D eigenvalue weighted by Crippen LogP contribution is -2.48. The number of hydrogen-bond donors (Lipinski definition) is 0. The number of hydrogen-bond acceptors (Lipinski definition) is 5. The number of nitrogens with zero attached hydrogens (tertiary/aromatic N) is 4. The van der Waals surface area contributed by atoms with E-state index in [0.717, 1.165) is 12.1 Å². The molecule has 9 heteroatoms. The van der Waals surface area contributed by atoms with Gasteiger partial charge in [-0.05, 0) is 24.3 Å². The summed E-state index contributed by atoms with van der Waals surface area (Å²) in [5.41, 5.74) is -0.502. The molecule has 134 valence electrons. The minimum atomic E-state index is -4.40. The van der Waals surface area contributed by atoms with Gasteiger partial charge in [0.1, 0.15) is 0 Å². The highest BCUT2D eigenvalue weighted by atomic mass is 19.4. The van der Waals surface area contributed by atoms with E-state index in [9.17, 15) is 18.0 Å². The van der Waals surface area contributed by atoms with Gasteiger partial charge in [-0.3, -0.25) is 9.69 Å². The molecule has 1 aliphatic heterocycles. The van der Waals surface area contributed by atoms with Gasteiger partial charge in [-0.15, -0.1) is 10.2 Å². The Hall–Kier alpha value is -2.42. The van der Waals surface area contributed by atoms with Gasteiger partial charge in [0.15, 0.2) is 0 Å². The minimum absolute atomic E-state index is 0.258. The molecule has 0 N–H and O–H groups in total. The van der Waals surface area contributed by atoms with E-state index in [0.29, 0.717) is 44.5 Å². The second-order valence-corrected chi connectivity index (χ2v) is 5.86. The van der Waals surface area contributed by atoms with Crippen molar-refractivity contribution in [3.05, 3.63) is 47.2 Å². The first-order valence-electron chi connectivity index (χ1n) is 7.81. The average Bonchev–Trinajstić information content (AvgIpc) is 2.99. The molecule has 6 nitrogen and oxygen atoms in total. The highest BCUT2D eigenvalue weighted by molar-refractivity contribution is 5.94. The number of halogens is 3. The molecule has 3 rings (SSSR count). The van der Waals surface area contributed by atoms with E-state index in [1.165, 1.54) is 12.1 Å². The number of carbonyl (C=O) groups is 1. The fourth-order valence-corrected chi connectivity index (χ4v) is 2.69. The van der Waals surface area contributed by atoms with Crippen LogP contribution >= 0.6 is 0 Å². The lowest BCUT2D eigenvalue weighted by molar-refractivity contribution is -0.137. The predicted octanol–water partition coefficient (Wildman–Crippen LogP) is 2.35. The number of aromatic nitrogens is 2. The Morgan fingerprint density at radius 3 is 2.28 bits per heavy atom. The van der Waals surface area contributed by atoms with Crippen molar-refractivity contribution in [1.29, 1.82) is 0 Å². The summed E-state index contributed by atoms with van der Waals surface area (Å²) < 4.78 is 43.1. The quantitative estimate of drug-likeness (QED) is 0.847. The van der Waals surface area contributed by atoms with Crippen molar-refractivity contribution < 1.29 is 22.4 Å². The van der Waals surface area contributed by atoms with Gasteiger partial charge in [-0.25, -0.2) is 0 Å². The van der Waals surface area contributed by atoms with Crippen LogP contribution in [0.15, 0.2) is 28.7 Å². The van der Waals surface area contributed by atoms with Crippen LogP contribution in [0, 0.1) is 6.92 Å². The van der Waals surface area contributed by atoms with E-state index in [1.54, 1.807) is 11.8 Å². The topological polar surface area (TPSA) is 62.5 Å². The summed E-state index contributed by atoms with van der Waals surface area (Å²) >= 11 is 0. The summed E-state index contributed by atoms with van der Waals surface area (Å²) in [6, 6.07) is 4.31. The van der Waals surface area contributed by atoms with Gasteiger partial charge in [0.2, 0.25) is 11.8 Å². The van der Waals surface area contributed by atoms with Crippen LogP contribution in [0.25, 0.3) is 0 Å². The Kier molecular flexibility index (Phi) is 4.76. The molecular weight excluding hydrogens is 337 g/mol. The van der Waals surface area contributed by atoms with Gasteiger partial charge in [-0.2, -0.15) is 13.2 Å². The molecule has 0 radical (unpaired) electrons. The maximum absolute atomic E-state index is 12.6. The number of benzene rings is 1. The van der Waals surface area contributed by atoms with Gasteiger partial charge in [0, 0.05) is 38.7 Å². The van der Waals surface area contributed by atoms with Gasteiger partial charge >= 0.3 is 6.18 Å². The lowest BCUT2D eigenvalue weighted by atomic mass is 10.1. The Morgan fingerprint density at radius 1 is 1.12 bits per heavy atom. The normalized spacial score (nSPS) is 16.2. The zero-order valence-electron chi connectivity index (χ0n) is 13.6. The zero-order valence-corrected chi connectivity index (χ0v) is 13.6. The first-order chi connectivity index (χ1) is 11.8. The standard InChI is InChI=1S/C16H17F3N4O2/c1-11-20-21-14(25-11)10-22-6-8-23(9-7-22)15(24)12-2-4-13(5-3-12)16(17,18)19/h2-5H,6-10H2,1H3. The summed E-state index contributed by atoms with van der Waals surface area (Å²) in [5.74, 6) is 0.771. The van der Waals surface area contributed by atoms with Crippen LogP contribution in [0.5, 0.6) is 0 Å². The van der Waals surface area contributed by atoms with Gasteiger partial charge < -0.3 is 9.32 Å². The summed E-state index contributed by atoms with van der Waals surface area (Å²) in [6.45, 7) is 4.49. The molecule has 0 atom stereocenters. The van der Waals surface area contributed by atoms with Crippen LogP contribution < -0.4 is 0 Å². The van der Waals surface area contributed by atoms with Gasteiger partial charge in [0.25, 0.3) is 5.91 Å². The average molecular weight is 354 g/mol. The van der Waals surface area contributed by atoms with E-state index in [2.05, 4.69) is 15.1 Å². The molecule has 1 saturated heterocycles. The molecule has 1 aliphatic rings. The summed E-state index contributed by atoms with van der Waals surface area (Å²) in [5, 5.41) is 7.71. The molecule has 0 unspecified atom stereocenters. The molecule has 2 heterocycles. The number of alkyl halides is 3. The fraction of sp³-hybridized carbons (Fsp3) is 0.438. The molecule has 1 amide bonds. The Bertz CT molecular complexity index is 735. The van der Waals surface area contributed by atoms with Crippen molar-refractivity contribution in [2.75, 3.05) is 26.2 Å². The number of piperazine rings is 1. The maximum atomic E-state index is 12.6. The molecule has 1 aromatic heterocycles. The van der Waals surface area contributed by atoms with E-state index in [1.807, 2.05) is 0 Å². The zero-order chi connectivity index (χ0) is 18.0. The van der Waals surface area contributed by atoms with Crippen LogP contribution in [0.3, 0.4) is 0 Å². The SMILES string of the molecule is Cc1nnc(CN2CCN(C(=O)c3ccc(C(F)(F)F)cc3)CC2)o1. The van der Waals surface area contributed by atoms with Crippen LogP contribution in [0.2, 0.25) is 0 Å². The van der Waals surface area contributed by atoms with Crippen LogP contribution in [0.1, 0.15) is 27.7 Å². The smallest absolute Gasteiger partial charge is 0.416 e. The van der Waals surface area contributed by atoms with Crippen molar-refractivity contribution in [3.8, 4) is 0 Å². The molecule has 1 fully saturated rings. The number of rotatable bonds is 3. The monoisotopic (exact) mass is 354 g/mol. The molecular formula is C16H17F3N4O2. The number of carbonyl (C=O) groups excluding carboxylic acids is 1. The highest BCUT2D eigenvalue weighted by Crippen LogP contribution is 2.29. The van der Waals surface area contributed by atoms with Crippen molar-refractivity contribution >= 4 is 5.91 Å². The number of aryl methyl sites for hydroxylation is 1. The van der Waals surface area contributed by atoms with E-state index >= 15 is 0 Å². The van der Waals surface area contributed by atoms with Crippen molar-refractivity contribution in [2.24, 2.45) is 0 Å². The van der Waals surface area contributed by atoms with Gasteiger partial charge in [-0.1, -0.05) is 0 Å². The Balaban J connectivity index is 1.56. The second kappa shape index (κ2) is 6.83. The summed E-state index contributed by atoms with van der Waals surface area (Å²) in [7, 11) is 0. The van der Waals surface area contributed by atoms with Crippen LogP contribution in [-0.4, -0.2) is 52.1 Å². The van der Waals surface area contributed by atoms with Crippen LogP contribution in [-0.2, 0) is 12.7 Å². The third kappa shape index (κ3) is 4.16. The second-order valence-electron chi connectivity index (χ2n) is 5.86. The summed E-state index contributed by atoms with van der Waals surface area (Å²) in [6.07, 6.45) is -4.40. The van der Waals surface area contributed by atoms with Gasteiger partial charge in [0.05, 0.1) is 12.1 Å². The van der Waals surface area contributed by atoms with E-state index in [-0.39, 0.29) is 11.5 Å². The van der Waals surface area contributed by atoms with Crippen molar-refractivity contribution in [3.63, 3.8) is 0 Å². The lowest BCUT2D eigenvalue weighted by Gasteiger charge is -2.34. The first-order valence-corrected chi connectivity index (χ1v) is 7.81. The number of amides is 1. The van der Waals surface area contributed by atoms with E-state index in [4.69, 9.17) is 4.42 Å². The van der Waals surface area contributed by atoms with Crippen molar-refractivity contribution in [2.45, 2.75) is 19.6 Å². The molecule has 0 saturated carbocycles. The minimum Gasteiger partial charge on any atom is -0.424 e. The first kappa shape index (κ1) is 17.4. The molecule has 0 bridgehead atoms. The van der Waals surface area contributed by atoms with Crippen molar-refractivity contribution in [1.82, 2.24) is 20.0 Å². The Labute approximate surface area is 142 Å². The molecule has 25 heavy (non-hydrogen) atoms. The molecule has 2 aromatic rings.